The molecular weight excluding hydrogens is 259 g/mol. The van der Waals surface area contributed by atoms with Crippen molar-refractivity contribution < 1.29 is 19.6 Å². The molecule has 20 heavy (non-hydrogen) atoms. The van der Waals surface area contributed by atoms with Gasteiger partial charge in [-0.3, -0.25) is 9.59 Å². The van der Waals surface area contributed by atoms with Crippen LogP contribution < -0.4 is 5.32 Å². The molecule has 3 N–H and O–H groups in total. The van der Waals surface area contributed by atoms with Crippen LogP contribution >= 0.6 is 0 Å². The molecule has 0 aromatic heterocycles. The number of carbonyl (C=O) groups excluding carboxylic acids is 2. The molecule has 7 heteroatoms. The van der Waals surface area contributed by atoms with Crippen LogP contribution in [0.1, 0.15) is 23.2 Å². The summed E-state index contributed by atoms with van der Waals surface area (Å²) in [4.78, 5) is 25.2. The minimum absolute atomic E-state index is 0.142. The fourth-order valence-corrected chi connectivity index (χ4v) is 2.36. The highest BCUT2D eigenvalue weighted by molar-refractivity contribution is 6.43. The summed E-state index contributed by atoms with van der Waals surface area (Å²) >= 11 is 0. The molecule has 0 bridgehead atoms. The van der Waals surface area contributed by atoms with Crippen LogP contribution in [0, 0.1) is 0 Å². The Bertz CT molecular complexity index is 481. The van der Waals surface area contributed by atoms with Crippen molar-refractivity contribution in [3.05, 3.63) is 35.9 Å². The molecule has 1 heterocycles. The molecule has 1 unspecified atom stereocenters. The third kappa shape index (κ3) is 3.37. The van der Waals surface area contributed by atoms with E-state index in [1.807, 2.05) is 0 Å². The summed E-state index contributed by atoms with van der Waals surface area (Å²) in [6.45, 7) is 0.347. The topological polar surface area (TPSA) is 89.9 Å². The summed E-state index contributed by atoms with van der Waals surface area (Å²) in [5.74, 6) is -1.19. The van der Waals surface area contributed by atoms with Gasteiger partial charge in [-0.25, -0.2) is 0 Å². The van der Waals surface area contributed by atoms with Crippen LogP contribution in [0.25, 0.3) is 0 Å². The van der Waals surface area contributed by atoms with Gasteiger partial charge in [0.15, 0.2) is 0 Å². The van der Waals surface area contributed by atoms with E-state index in [4.69, 9.17) is 0 Å². The molecule has 1 aliphatic heterocycles. The Kier molecular flexibility index (Phi) is 4.76. The highest BCUT2D eigenvalue weighted by atomic mass is 16.4. The first kappa shape index (κ1) is 14.6. The predicted molar refractivity (Wildman–Crippen MR) is 73.7 cm³/mol. The van der Waals surface area contributed by atoms with Crippen LogP contribution in [0.5, 0.6) is 0 Å². The van der Waals surface area contributed by atoms with Gasteiger partial charge in [-0.1, -0.05) is 18.2 Å². The third-order valence-electron chi connectivity index (χ3n) is 3.40. The SMILES string of the molecule is O=C(NCC(=O)N1CCCC1B(O)O)c1ccccc1. The number of hydrogen-bond donors (Lipinski definition) is 3. The molecule has 1 aromatic carbocycles. The number of benzene rings is 1. The molecule has 1 atom stereocenters. The smallest absolute Gasteiger partial charge is 0.426 e. The molecule has 106 valence electrons. The van der Waals surface area contributed by atoms with Gasteiger partial charge in [0.25, 0.3) is 5.91 Å². The van der Waals surface area contributed by atoms with E-state index < -0.39 is 13.1 Å². The molecule has 0 saturated carbocycles. The minimum Gasteiger partial charge on any atom is -0.426 e. The molecule has 1 aromatic rings. The first-order valence-corrected chi connectivity index (χ1v) is 6.58. The molecule has 1 saturated heterocycles. The zero-order valence-corrected chi connectivity index (χ0v) is 11.0. The fraction of sp³-hybridized carbons (Fsp3) is 0.385. The molecule has 0 spiro atoms. The lowest BCUT2D eigenvalue weighted by Gasteiger charge is -2.24. The van der Waals surface area contributed by atoms with Gasteiger partial charge in [0.1, 0.15) is 0 Å². The fourth-order valence-electron chi connectivity index (χ4n) is 2.36. The van der Waals surface area contributed by atoms with Crippen LogP contribution in [-0.4, -0.2) is 52.9 Å². The van der Waals surface area contributed by atoms with Gasteiger partial charge in [0.2, 0.25) is 5.91 Å². The van der Waals surface area contributed by atoms with Gasteiger partial charge >= 0.3 is 7.12 Å². The number of likely N-dealkylation sites (tertiary alicyclic amines) is 1. The van der Waals surface area contributed by atoms with E-state index in [2.05, 4.69) is 5.32 Å². The van der Waals surface area contributed by atoms with Gasteiger partial charge in [-0.2, -0.15) is 0 Å². The average Bonchev–Trinajstić information content (AvgIpc) is 2.95. The Labute approximate surface area is 117 Å². The van der Waals surface area contributed by atoms with Crippen molar-refractivity contribution in [2.24, 2.45) is 0 Å². The quantitative estimate of drug-likeness (QED) is 0.642. The van der Waals surface area contributed by atoms with Gasteiger partial charge in [0, 0.05) is 12.1 Å². The maximum Gasteiger partial charge on any atom is 0.475 e. The Morgan fingerprint density at radius 3 is 2.65 bits per heavy atom. The lowest BCUT2D eigenvalue weighted by molar-refractivity contribution is -0.130. The Morgan fingerprint density at radius 2 is 2.00 bits per heavy atom. The summed E-state index contributed by atoms with van der Waals surface area (Å²) in [6, 6.07) is 8.62. The Hall–Kier alpha value is -1.86. The number of rotatable bonds is 4. The monoisotopic (exact) mass is 276 g/mol. The molecule has 1 fully saturated rings. The highest BCUT2D eigenvalue weighted by Crippen LogP contribution is 2.17. The zero-order chi connectivity index (χ0) is 14.5. The van der Waals surface area contributed by atoms with Crippen molar-refractivity contribution in [3.8, 4) is 0 Å². The van der Waals surface area contributed by atoms with E-state index >= 15 is 0 Å². The van der Waals surface area contributed by atoms with E-state index in [-0.39, 0.29) is 18.4 Å². The minimum atomic E-state index is -1.54. The second kappa shape index (κ2) is 6.54. The molecule has 0 aliphatic carbocycles. The standard InChI is InChI=1S/C13H17BN2O4/c17-12(16-8-4-7-11(16)14(19)20)9-15-13(18)10-5-2-1-3-6-10/h1-3,5-6,11,19-20H,4,7-9H2,(H,15,18). The third-order valence-corrected chi connectivity index (χ3v) is 3.40. The molecule has 2 amide bonds. The van der Waals surface area contributed by atoms with Crippen LogP contribution in [0.2, 0.25) is 0 Å². The summed E-state index contributed by atoms with van der Waals surface area (Å²) < 4.78 is 0. The van der Waals surface area contributed by atoms with Crippen molar-refractivity contribution in [1.29, 1.82) is 0 Å². The molecule has 6 nitrogen and oxygen atoms in total. The second-order valence-electron chi connectivity index (χ2n) is 4.76. The number of nitrogens with one attached hydrogen (secondary N) is 1. The second-order valence-corrected chi connectivity index (χ2v) is 4.76. The van der Waals surface area contributed by atoms with Crippen LogP contribution in [0.4, 0.5) is 0 Å². The van der Waals surface area contributed by atoms with Gasteiger partial charge < -0.3 is 20.3 Å². The largest absolute Gasteiger partial charge is 0.475 e. The number of nitrogens with zero attached hydrogens (tertiary/aromatic N) is 1. The summed E-state index contributed by atoms with van der Waals surface area (Å²) in [5.41, 5.74) is 0.487. The van der Waals surface area contributed by atoms with Gasteiger partial charge in [0.05, 0.1) is 12.5 Å². The maximum absolute atomic E-state index is 12.0. The van der Waals surface area contributed by atoms with E-state index in [1.165, 1.54) is 4.90 Å². The number of carbonyl (C=O) groups is 2. The summed E-state index contributed by atoms with van der Waals surface area (Å²) in [7, 11) is -1.54. The van der Waals surface area contributed by atoms with Crippen LogP contribution in [-0.2, 0) is 4.79 Å². The normalized spacial score (nSPS) is 17.9. The van der Waals surface area contributed by atoms with Crippen molar-refractivity contribution in [1.82, 2.24) is 10.2 Å². The first-order chi connectivity index (χ1) is 9.59. The number of hydrogen-bond acceptors (Lipinski definition) is 4. The van der Waals surface area contributed by atoms with E-state index in [1.54, 1.807) is 30.3 Å². The molecule has 1 aliphatic rings. The summed E-state index contributed by atoms with van der Waals surface area (Å²) in [6.07, 6.45) is 1.30. The lowest BCUT2D eigenvalue weighted by Crippen LogP contribution is -2.48. The summed E-state index contributed by atoms with van der Waals surface area (Å²) in [5, 5.41) is 20.9. The lowest BCUT2D eigenvalue weighted by atomic mass is 9.78. The van der Waals surface area contributed by atoms with Crippen LogP contribution in [0.15, 0.2) is 30.3 Å². The number of amides is 2. The highest BCUT2D eigenvalue weighted by Gasteiger charge is 2.36. The molecule has 0 radical (unpaired) electrons. The van der Waals surface area contributed by atoms with Crippen molar-refractivity contribution in [3.63, 3.8) is 0 Å². The van der Waals surface area contributed by atoms with E-state index in [0.717, 1.165) is 6.42 Å². The molecule has 2 rings (SSSR count). The van der Waals surface area contributed by atoms with Crippen molar-refractivity contribution >= 4 is 18.9 Å². The Balaban J connectivity index is 1.88. The first-order valence-electron chi connectivity index (χ1n) is 6.58. The Morgan fingerprint density at radius 1 is 1.30 bits per heavy atom. The average molecular weight is 276 g/mol. The van der Waals surface area contributed by atoms with E-state index in [0.29, 0.717) is 18.5 Å². The predicted octanol–water partition coefficient (Wildman–Crippen LogP) is -0.581. The van der Waals surface area contributed by atoms with Crippen molar-refractivity contribution in [2.45, 2.75) is 18.8 Å². The molecular formula is C13H17BN2O4. The van der Waals surface area contributed by atoms with Crippen LogP contribution in [0.3, 0.4) is 0 Å². The van der Waals surface area contributed by atoms with Gasteiger partial charge in [-0.05, 0) is 25.0 Å². The van der Waals surface area contributed by atoms with Gasteiger partial charge in [-0.15, -0.1) is 0 Å². The maximum atomic E-state index is 12.0. The van der Waals surface area contributed by atoms with Crippen molar-refractivity contribution in [2.75, 3.05) is 13.1 Å². The van der Waals surface area contributed by atoms with E-state index in [9.17, 15) is 19.6 Å². The zero-order valence-electron chi connectivity index (χ0n) is 11.0.